The molecular weight excluding hydrogens is 328 g/mol. The van der Waals surface area contributed by atoms with Gasteiger partial charge in [0.05, 0.1) is 0 Å². The molecule has 1 aliphatic rings. The highest BCUT2D eigenvalue weighted by Gasteiger charge is 2.27. The number of nitrogens with one attached hydrogen (secondary N) is 1. The highest BCUT2D eigenvalue weighted by molar-refractivity contribution is 9.10. The Balaban J connectivity index is 1.61. The standard InChI is InChI=1S/C17H19BrN2O/c1-12-4-2-3-5-13(12)8-9-19-17(21)16-10-14(18)11-20(16)15-6-7-15/h2-5,10-11,15H,6-9H2,1H3,(H,19,21). The van der Waals surface area contributed by atoms with Crippen LogP contribution in [0.3, 0.4) is 0 Å². The topological polar surface area (TPSA) is 34.0 Å². The molecule has 0 radical (unpaired) electrons. The first-order chi connectivity index (χ1) is 10.1. The molecule has 3 rings (SSSR count). The van der Waals surface area contributed by atoms with Crippen LogP contribution in [0.25, 0.3) is 0 Å². The Labute approximate surface area is 133 Å². The van der Waals surface area contributed by atoms with Gasteiger partial charge in [-0.1, -0.05) is 24.3 Å². The fourth-order valence-corrected chi connectivity index (χ4v) is 3.01. The van der Waals surface area contributed by atoms with E-state index in [1.807, 2.05) is 24.4 Å². The van der Waals surface area contributed by atoms with Crippen LogP contribution < -0.4 is 5.32 Å². The molecule has 21 heavy (non-hydrogen) atoms. The van der Waals surface area contributed by atoms with Gasteiger partial charge in [0, 0.05) is 23.3 Å². The van der Waals surface area contributed by atoms with E-state index in [1.54, 1.807) is 0 Å². The Morgan fingerprint density at radius 1 is 1.38 bits per heavy atom. The summed E-state index contributed by atoms with van der Waals surface area (Å²) in [6.45, 7) is 2.77. The Kier molecular flexibility index (Phi) is 4.15. The maximum absolute atomic E-state index is 12.3. The van der Waals surface area contributed by atoms with Crippen molar-refractivity contribution in [2.75, 3.05) is 6.54 Å². The summed E-state index contributed by atoms with van der Waals surface area (Å²) in [5.74, 6) is 0.0150. The minimum atomic E-state index is 0.0150. The van der Waals surface area contributed by atoms with Gasteiger partial charge in [-0.25, -0.2) is 0 Å². The second kappa shape index (κ2) is 6.06. The highest BCUT2D eigenvalue weighted by Crippen LogP contribution is 2.37. The molecule has 1 aromatic carbocycles. The van der Waals surface area contributed by atoms with E-state index in [-0.39, 0.29) is 5.91 Å². The van der Waals surface area contributed by atoms with Gasteiger partial charge in [-0.2, -0.15) is 0 Å². The van der Waals surface area contributed by atoms with E-state index in [0.717, 1.165) is 16.6 Å². The molecule has 1 heterocycles. The maximum atomic E-state index is 12.3. The predicted octanol–water partition coefficient (Wildman–Crippen LogP) is 3.87. The van der Waals surface area contributed by atoms with Crippen molar-refractivity contribution in [1.82, 2.24) is 9.88 Å². The molecule has 0 atom stereocenters. The first-order valence-electron chi connectivity index (χ1n) is 7.35. The van der Waals surface area contributed by atoms with Crippen LogP contribution in [0.15, 0.2) is 41.0 Å². The van der Waals surface area contributed by atoms with Crippen LogP contribution in [0, 0.1) is 6.92 Å². The van der Waals surface area contributed by atoms with Crippen molar-refractivity contribution in [3.8, 4) is 0 Å². The van der Waals surface area contributed by atoms with Gasteiger partial charge in [0.2, 0.25) is 0 Å². The fourth-order valence-electron chi connectivity index (χ4n) is 2.57. The third-order valence-corrected chi connectivity index (χ3v) is 4.36. The van der Waals surface area contributed by atoms with E-state index < -0.39 is 0 Å². The Hall–Kier alpha value is -1.55. The Morgan fingerprint density at radius 2 is 2.14 bits per heavy atom. The normalized spacial score (nSPS) is 14.2. The van der Waals surface area contributed by atoms with Gasteiger partial charge in [-0.05, 0) is 59.3 Å². The molecule has 0 unspecified atom stereocenters. The van der Waals surface area contributed by atoms with Crippen LogP contribution in [-0.4, -0.2) is 17.0 Å². The van der Waals surface area contributed by atoms with Gasteiger partial charge >= 0.3 is 0 Å². The van der Waals surface area contributed by atoms with E-state index in [9.17, 15) is 4.79 Å². The molecule has 1 saturated carbocycles. The van der Waals surface area contributed by atoms with Gasteiger partial charge in [0.15, 0.2) is 0 Å². The van der Waals surface area contributed by atoms with Gasteiger partial charge in [-0.15, -0.1) is 0 Å². The van der Waals surface area contributed by atoms with Crippen LogP contribution in [0.2, 0.25) is 0 Å². The van der Waals surface area contributed by atoms with E-state index in [0.29, 0.717) is 12.6 Å². The molecule has 0 aliphatic heterocycles. The summed E-state index contributed by atoms with van der Waals surface area (Å²) in [4.78, 5) is 12.3. The lowest BCUT2D eigenvalue weighted by molar-refractivity contribution is 0.0944. The zero-order valence-electron chi connectivity index (χ0n) is 12.1. The van der Waals surface area contributed by atoms with Crippen molar-refractivity contribution in [2.45, 2.75) is 32.2 Å². The summed E-state index contributed by atoms with van der Waals surface area (Å²) in [7, 11) is 0. The number of carbonyl (C=O) groups is 1. The van der Waals surface area contributed by atoms with Crippen molar-refractivity contribution in [1.29, 1.82) is 0 Å². The number of hydrogen-bond donors (Lipinski definition) is 1. The minimum Gasteiger partial charge on any atom is -0.350 e. The number of amides is 1. The number of rotatable bonds is 5. The smallest absolute Gasteiger partial charge is 0.267 e. The van der Waals surface area contributed by atoms with Crippen LogP contribution in [0.4, 0.5) is 0 Å². The fraction of sp³-hybridized carbons (Fsp3) is 0.353. The molecule has 0 saturated heterocycles. The Morgan fingerprint density at radius 3 is 2.86 bits per heavy atom. The quantitative estimate of drug-likeness (QED) is 0.875. The minimum absolute atomic E-state index is 0.0150. The molecule has 0 bridgehead atoms. The van der Waals surface area contributed by atoms with Gasteiger partial charge in [-0.3, -0.25) is 4.79 Å². The van der Waals surface area contributed by atoms with Crippen molar-refractivity contribution >= 4 is 21.8 Å². The second-order valence-electron chi connectivity index (χ2n) is 5.61. The lowest BCUT2D eigenvalue weighted by Crippen LogP contribution is -2.27. The third kappa shape index (κ3) is 3.38. The van der Waals surface area contributed by atoms with Gasteiger partial charge in [0.25, 0.3) is 5.91 Å². The summed E-state index contributed by atoms with van der Waals surface area (Å²) in [6, 6.07) is 10.7. The predicted molar refractivity (Wildman–Crippen MR) is 87.6 cm³/mol. The average molecular weight is 347 g/mol. The number of halogens is 1. The largest absolute Gasteiger partial charge is 0.350 e. The first-order valence-corrected chi connectivity index (χ1v) is 8.14. The van der Waals surface area contributed by atoms with Crippen LogP contribution in [-0.2, 0) is 6.42 Å². The SMILES string of the molecule is Cc1ccccc1CCNC(=O)c1cc(Br)cn1C1CC1. The number of hydrogen-bond acceptors (Lipinski definition) is 1. The molecule has 3 nitrogen and oxygen atoms in total. The lowest BCUT2D eigenvalue weighted by atomic mass is 10.1. The molecular formula is C17H19BrN2O. The van der Waals surface area contributed by atoms with Crippen molar-refractivity contribution in [2.24, 2.45) is 0 Å². The summed E-state index contributed by atoms with van der Waals surface area (Å²) in [6.07, 6.45) is 5.22. The van der Waals surface area contributed by atoms with Crippen molar-refractivity contribution in [3.05, 3.63) is 57.8 Å². The maximum Gasteiger partial charge on any atom is 0.267 e. The van der Waals surface area contributed by atoms with Crippen molar-refractivity contribution in [3.63, 3.8) is 0 Å². The summed E-state index contributed by atoms with van der Waals surface area (Å²) < 4.78 is 3.06. The summed E-state index contributed by atoms with van der Waals surface area (Å²) in [5.41, 5.74) is 3.32. The number of nitrogens with zero attached hydrogens (tertiary/aromatic N) is 1. The number of aryl methyl sites for hydroxylation is 1. The molecule has 1 amide bonds. The second-order valence-corrected chi connectivity index (χ2v) is 6.53. The molecule has 2 aromatic rings. The molecule has 4 heteroatoms. The van der Waals surface area contributed by atoms with Gasteiger partial charge in [0.1, 0.15) is 5.69 Å². The molecule has 1 fully saturated rings. The van der Waals surface area contributed by atoms with Crippen LogP contribution in [0.1, 0.15) is 40.5 Å². The number of aromatic nitrogens is 1. The van der Waals surface area contributed by atoms with E-state index >= 15 is 0 Å². The van der Waals surface area contributed by atoms with Crippen LogP contribution >= 0.6 is 15.9 Å². The van der Waals surface area contributed by atoms with Crippen molar-refractivity contribution < 1.29 is 4.79 Å². The van der Waals surface area contributed by atoms with E-state index in [4.69, 9.17) is 0 Å². The monoisotopic (exact) mass is 346 g/mol. The zero-order chi connectivity index (χ0) is 14.8. The van der Waals surface area contributed by atoms with E-state index in [2.05, 4.69) is 44.9 Å². The number of benzene rings is 1. The highest BCUT2D eigenvalue weighted by atomic mass is 79.9. The van der Waals surface area contributed by atoms with Crippen LogP contribution in [0.5, 0.6) is 0 Å². The molecule has 1 aliphatic carbocycles. The number of carbonyl (C=O) groups excluding carboxylic acids is 1. The zero-order valence-corrected chi connectivity index (χ0v) is 13.7. The average Bonchev–Trinajstić information content (AvgIpc) is 3.23. The molecule has 110 valence electrons. The lowest BCUT2D eigenvalue weighted by Gasteiger charge is -2.09. The molecule has 1 aromatic heterocycles. The summed E-state index contributed by atoms with van der Waals surface area (Å²) in [5, 5.41) is 3.03. The Bertz CT molecular complexity index is 659. The van der Waals surface area contributed by atoms with E-state index in [1.165, 1.54) is 24.0 Å². The first kappa shape index (κ1) is 14.4. The third-order valence-electron chi connectivity index (χ3n) is 3.93. The molecule has 1 N–H and O–H groups in total. The summed E-state index contributed by atoms with van der Waals surface area (Å²) >= 11 is 3.46. The molecule has 0 spiro atoms. The van der Waals surface area contributed by atoms with Gasteiger partial charge < -0.3 is 9.88 Å².